The molecule has 0 amide bonds. The van der Waals surface area contributed by atoms with Crippen molar-refractivity contribution in [1.82, 2.24) is 0 Å². The van der Waals surface area contributed by atoms with Gasteiger partial charge >= 0.3 is 0 Å². The van der Waals surface area contributed by atoms with E-state index in [1.54, 1.807) is 24.3 Å². The molecule has 0 unspecified atom stereocenters. The quantitative estimate of drug-likeness (QED) is 0.768. The maximum Gasteiger partial charge on any atom is 0.0991 e. The number of benzene rings is 1. The molecule has 0 bridgehead atoms. The summed E-state index contributed by atoms with van der Waals surface area (Å²) in [6.45, 7) is -0.416. The van der Waals surface area contributed by atoms with E-state index in [-0.39, 0.29) is 6.04 Å². The highest BCUT2D eigenvalue weighted by Crippen LogP contribution is 2.14. The molecule has 1 rings (SSSR count). The van der Waals surface area contributed by atoms with Gasteiger partial charge in [-0.15, -0.1) is 0 Å². The van der Waals surface area contributed by atoms with Crippen LogP contribution in [0.3, 0.4) is 0 Å². The zero-order valence-electron chi connectivity index (χ0n) is 7.20. The molecular weight excluding hydrogens is 167 g/mol. The number of hydrogen-bond acceptors (Lipinski definition) is 2. The van der Waals surface area contributed by atoms with Gasteiger partial charge in [-0.3, -0.25) is 4.39 Å². The van der Waals surface area contributed by atoms with Crippen molar-refractivity contribution in [1.29, 1.82) is 5.26 Å². The van der Waals surface area contributed by atoms with Gasteiger partial charge in [0.05, 0.1) is 18.3 Å². The molecule has 2 nitrogen and oxygen atoms in total. The van der Waals surface area contributed by atoms with Gasteiger partial charge in [-0.05, 0) is 24.1 Å². The molecule has 2 N–H and O–H groups in total. The van der Waals surface area contributed by atoms with Crippen molar-refractivity contribution in [2.24, 2.45) is 5.73 Å². The molecule has 1 atom stereocenters. The number of alkyl halides is 1. The highest BCUT2D eigenvalue weighted by molar-refractivity contribution is 5.32. The second kappa shape index (κ2) is 4.58. The molecule has 0 aromatic heterocycles. The molecule has 0 aliphatic carbocycles. The minimum atomic E-state index is -0.416. The fraction of sp³-hybridized carbons (Fsp3) is 0.300. The second-order valence-electron chi connectivity index (χ2n) is 2.82. The van der Waals surface area contributed by atoms with E-state index < -0.39 is 6.67 Å². The van der Waals surface area contributed by atoms with Gasteiger partial charge in [-0.2, -0.15) is 5.26 Å². The first-order valence-corrected chi connectivity index (χ1v) is 4.09. The summed E-state index contributed by atoms with van der Waals surface area (Å²) in [5, 5.41) is 8.53. The van der Waals surface area contributed by atoms with Crippen LogP contribution in [0.5, 0.6) is 0 Å². The molecule has 0 saturated heterocycles. The lowest BCUT2D eigenvalue weighted by atomic mass is 10.0. The molecule has 0 aliphatic rings. The van der Waals surface area contributed by atoms with E-state index in [0.717, 1.165) is 5.56 Å². The summed E-state index contributed by atoms with van der Waals surface area (Å²) in [4.78, 5) is 0. The molecule has 0 spiro atoms. The lowest BCUT2D eigenvalue weighted by Crippen LogP contribution is -2.10. The highest BCUT2D eigenvalue weighted by atomic mass is 19.1. The Morgan fingerprint density at radius 1 is 1.38 bits per heavy atom. The maximum atomic E-state index is 11.9. The third-order valence-corrected chi connectivity index (χ3v) is 1.89. The monoisotopic (exact) mass is 178 g/mol. The molecule has 13 heavy (non-hydrogen) atoms. The Kier molecular flexibility index (Phi) is 3.41. The number of nitriles is 1. The summed E-state index contributed by atoms with van der Waals surface area (Å²) in [5.41, 5.74) is 7.14. The van der Waals surface area contributed by atoms with E-state index in [9.17, 15) is 4.39 Å². The topological polar surface area (TPSA) is 49.8 Å². The molecule has 0 saturated carbocycles. The number of rotatable bonds is 3. The Bertz CT molecular complexity index is 300. The number of hydrogen-bond donors (Lipinski definition) is 1. The summed E-state index contributed by atoms with van der Waals surface area (Å²) < 4.78 is 11.9. The predicted octanol–water partition coefficient (Wildman–Crippen LogP) is 1.92. The first kappa shape index (κ1) is 9.69. The molecule has 0 fully saturated rings. The molecular formula is C10H11FN2. The van der Waals surface area contributed by atoms with Crippen molar-refractivity contribution in [3.63, 3.8) is 0 Å². The summed E-state index contributed by atoms with van der Waals surface area (Å²) >= 11 is 0. The Hall–Kier alpha value is -1.40. The third kappa shape index (κ3) is 2.53. The van der Waals surface area contributed by atoms with Crippen molar-refractivity contribution < 1.29 is 4.39 Å². The summed E-state index contributed by atoms with van der Waals surface area (Å²) in [7, 11) is 0. The van der Waals surface area contributed by atoms with Crippen molar-refractivity contribution in [2.75, 3.05) is 6.67 Å². The Labute approximate surface area is 76.8 Å². The van der Waals surface area contributed by atoms with Gasteiger partial charge in [-0.25, -0.2) is 0 Å². The summed E-state index contributed by atoms with van der Waals surface area (Å²) in [5.74, 6) is 0. The molecule has 0 aliphatic heterocycles. The van der Waals surface area contributed by atoms with Crippen LogP contribution in [0.25, 0.3) is 0 Å². The van der Waals surface area contributed by atoms with Crippen molar-refractivity contribution in [2.45, 2.75) is 12.5 Å². The van der Waals surface area contributed by atoms with Gasteiger partial charge < -0.3 is 5.73 Å². The zero-order chi connectivity index (χ0) is 9.68. The molecule has 0 radical (unpaired) electrons. The molecule has 68 valence electrons. The summed E-state index contributed by atoms with van der Waals surface area (Å²) in [6, 6.07) is 8.65. The van der Waals surface area contributed by atoms with Gasteiger partial charge in [0, 0.05) is 6.04 Å². The van der Waals surface area contributed by atoms with Crippen LogP contribution in [0, 0.1) is 11.3 Å². The molecule has 1 aromatic carbocycles. The SMILES string of the molecule is N#Cc1ccc([C@@H](N)CCF)cc1. The Balaban J connectivity index is 2.75. The average Bonchev–Trinajstić information content (AvgIpc) is 2.18. The highest BCUT2D eigenvalue weighted by Gasteiger charge is 2.04. The van der Waals surface area contributed by atoms with Crippen LogP contribution < -0.4 is 5.73 Å². The second-order valence-corrected chi connectivity index (χ2v) is 2.82. The van der Waals surface area contributed by atoms with E-state index >= 15 is 0 Å². The van der Waals surface area contributed by atoms with Crippen molar-refractivity contribution in [3.8, 4) is 6.07 Å². The first-order valence-electron chi connectivity index (χ1n) is 4.09. The largest absolute Gasteiger partial charge is 0.324 e. The lowest BCUT2D eigenvalue weighted by molar-refractivity contribution is 0.442. The van der Waals surface area contributed by atoms with Gasteiger partial charge in [0.1, 0.15) is 0 Å². The predicted molar refractivity (Wildman–Crippen MR) is 48.7 cm³/mol. The van der Waals surface area contributed by atoms with Gasteiger partial charge in [-0.1, -0.05) is 12.1 Å². The lowest BCUT2D eigenvalue weighted by Gasteiger charge is -2.08. The Morgan fingerprint density at radius 2 is 2.00 bits per heavy atom. The van der Waals surface area contributed by atoms with Crippen LogP contribution in [0.1, 0.15) is 23.6 Å². The molecule has 1 aromatic rings. The van der Waals surface area contributed by atoms with Crippen LogP contribution in [0.2, 0.25) is 0 Å². The van der Waals surface area contributed by atoms with E-state index in [1.165, 1.54) is 0 Å². The Morgan fingerprint density at radius 3 is 2.46 bits per heavy atom. The van der Waals surface area contributed by atoms with E-state index in [4.69, 9.17) is 11.0 Å². The van der Waals surface area contributed by atoms with Crippen molar-refractivity contribution >= 4 is 0 Å². The van der Waals surface area contributed by atoms with Gasteiger partial charge in [0.25, 0.3) is 0 Å². The van der Waals surface area contributed by atoms with Crippen LogP contribution in [-0.2, 0) is 0 Å². The van der Waals surface area contributed by atoms with Crippen molar-refractivity contribution in [3.05, 3.63) is 35.4 Å². The minimum absolute atomic E-state index is 0.266. The summed E-state index contributed by atoms with van der Waals surface area (Å²) in [6.07, 6.45) is 0.325. The van der Waals surface area contributed by atoms with Crippen LogP contribution in [0.4, 0.5) is 4.39 Å². The average molecular weight is 178 g/mol. The number of nitrogens with zero attached hydrogens (tertiary/aromatic N) is 1. The van der Waals surface area contributed by atoms with E-state index in [0.29, 0.717) is 12.0 Å². The third-order valence-electron chi connectivity index (χ3n) is 1.89. The first-order chi connectivity index (χ1) is 6.27. The minimum Gasteiger partial charge on any atom is -0.324 e. The maximum absolute atomic E-state index is 11.9. The van der Waals surface area contributed by atoms with Crippen LogP contribution in [0.15, 0.2) is 24.3 Å². The molecule has 3 heteroatoms. The molecule has 0 heterocycles. The number of nitrogens with two attached hydrogens (primary N) is 1. The fourth-order valence-electron chi connectivity index (χ4n) is 1.09. The van der Waals surface area contributed by atoms with Gasteiger partial charge in [0.15, 0.2) is 0 Å². The number of halogens is 1. The van der Waals surface area contributed by atoms with Crippen LogP contribution >= 0.6 is 0 Å². The fourth-order valence-corrected chi connectivity index (χ4v) is 1.09. The van der Waals surface area contributed by atoms with E-state index in [1.807, 2.05) is 6.07 Å². The smallest absolute Gasteiger partial charge is 0.0991 e. The zero-order valence-corrected chi connectivity index (χ0v) is 7.20. The van der Waals surface area contributed by atoms with Gasteiger partial charge in [0.2, 0.25) is 0 Å². The normalized spacial score (nSPS) is 12.1. The van der Waals surface area contributed by atoms with E-state index in [2.05, 4.69) is 0 Å². The standard InChI is InChI=1S/C10H11FN2/c11-6-5-10(13)9-3-1-8(7-12)2-4-9/h1-4,10H,5-6,13H2/t10-/m0/s1. The van der Waals surface area contributed by atoms with Crippen LogP contribution in [-0.4, -0.2) is 6.67 Å².